The predicted molar refractivity (Wildman–Crippen MR) is 68.6 cm³/mol. The van der Waals surface area contributed by atoms with E-state index in [2.05, 4.69) is 19.2 Å². The van der Waals surface area contributed by atoms with Crippen molar-refractivity contribution in [2.75, 3.05) is 5.32 Å². The van der Waals surface area contributed by atoms with E-state index in [9.17, 15) is 17.6 Å². The summed E-state index contributed by atoms with van der Waals surface area (Å²) in [5.74, 6) is -0.698. The Kier molecular flexibility index (Phi) is 5.20. The minimum absolute atomic E-state index is 0.0499. The summed E-state index contributed by atoms with van der Waals surface area (Å²) in [6.45, 7) is 6.08. The Hall–Kier alpha value is -1.26. The van der Waals surface area contributed by atoms with Gasteiger partial charge in [-0.2, -0.15) is 13.2 Å². The lowest BCUT2D eigenvalue weighted by molar-refractivity contribution is -0.139. The normalized spacial score (nSPS) is 13.7. The summed E-state index contributed by atoms with van der Waals surface area (Å²) in [7, 11) is 0. The van der Waals surface area contributed by atoms with Crippen molar-refractivity contribution >= 4 is 5.69 Å². The van der Waals surface area contributed by atoms with Gasteiger partial charge in [0.1, 0.15) is 5.82 Å². The fourth-order valence-electron chi connectivity index (χ4n) is 1.77. The Morgan fingerprint density at radius 3 is 2.26 bits per heavy atom. The first-order valence-corrected chi connectivity index (χ1v) is 6.33. The van der Waals surface area contributed by atoms with Gasteiger partial charge in [-0.05, 0) is 43.9 Å². The Morgan fingerprint density at radius 2 is 1.74 bits per heavy atom. The molecule has 0 aliphatic rings. The van der Waals surface area contributed by atoms with Crippen LogP contribution >= 0.6 is 0 Å². The standard InChI is InChI=1S/C14H19F4N/c1-9(2)4-5-10(3)19-11-6-7-13(15)12(8-11)14(16,17)18/h6-10,19H,4-5H2,1-3H3. The Labute approximate surface area is 111 Å². The van der Waals surface area contributed by atoms with Gasteiger partial charge in [-0.25, -0.2) is 4.39 Å². The highest BCUT2D eigenvalue weighted by molar-refractivity contribution is 5.47. The molecule has 1 rings (SSSR count). The minimum atomic E-state index is -4.66. The van der Waals surface area contributed by atoms with E-state index in [-0.39, 0.29) is 6.04 Å². The van der Waals surface area contributed by atoms with Gasteiger partial charge in [-0.15, -0.1) is 0 Å². The fourth-order valence-corrected chi connectivity index (χ4v) is 1.77. The van der Waals surface area contributed by atoms with E-state index in [0.29, 0.717) is 11.6 Å². The van der Waals surface area contributed by atoms with Gasteiger partial charge in [0, 0.05) is 11.7 Å². The van der Waals surface area contributed by atoms with Gasteiger partial charge < -0.3 is 5.32 Å². The molecule has 19 heavy (non-hydrogen) atoms. The number of nitrogens with one attached hydrogen (secondary N) is 1. The Morgan fingerprint density at radius 1 is 1.11 bits per heavy atom. The van der Waals surface area contributed by atoms with E-state index in [1.165, 1.54) is 6.07 Å². The number of benzene rings is 1. The van der Waals surface area contributed by atoms with Crippen LogP contribution in [0.25, 0.3) is 0 Å². The average molecular weight is 277 g/mol. The summed E-state index contributed by atoms with van der Waals surface area (Å²) < 4.78 is 50.8. The highest BCUT2D eigenvalue weighted by atomic mass is 19.4. The van der Waals surface area contributed by atoms with Crippen LogP contribution in [0.15, 0.2) is 18.2 Å². The van der Waals surface area contributed by atoms with Gasteiger partial charge in [0.25, 0.3) is 0 Å². The molecule has 1 aromatic carbocycles. The zero-order valence-electron chi connectivity index (χ0n) is 11.3. The number of hydrogen-bond donors (Lipinski definition) is 1. The van der Waals surface area contributed by atoms with Crippen LogP contribution in [0.2, 0.25) is 0 Å². The molecule has 0 radical (unpaired) electrons. The lowest BCUT2D eigenvalue weighted by Crippen LogP contribution is -2.17. The average Bonchev–Trinajstić information content (AvgIpc) is 2.27. The highest BCUT2D eigenvalue weighted by Gasteiger charge is 2.34. The molecule has 0 bridgehead atoms. The third-order valence-electron chi connectivity index (χ3n) is 2.86. The van der Waals surface area contributed by atoms with Crippen molar-refractivity contribution in [2.45, 2.75) is 45.8 Å². The molecule has 0 aliphatic heterocycles. The van der Waals surface area contributed by atoms with Crippen molar-refractivity contribution in [3.8, 4) is 0 Å². The maximum absolute atomic E-state index is 13.1. The van der Waals surface area contributed by atoms with Crippen LogP contribution in [0, 0.1) is 11.7 Å². The second-order valence-electron chi connectivity index (χ2n) is 5.21. The van der Waals surface area contributed by atoms with Crippen molar-refractivity contribution in [1.82, 2.24) is 0 Å². The van der Waals surface area contributed by atoms with Crippen LogP contribution in [0.3, 0.4) is 0 Å². The topological polar surface area (TPSA) is 12.0 Å². The minimum Gasteiger partial charge on any atom is -0.383 e. The molecule has 108 valence electrons. The summed E-state index contributed by atoms with van der Waals surface area (Å²) in [5, 5.41) is 2.97. The summed E-state index contributed by atoms with van der Waals surface area (Å²) in [4.78, 5) is 0. The van der Waals surface area contributed by atoms with Gasteiger partial charge in [-0.1, -0.05) is 13.8 Å². The highest BCUT2D eigenvalue weighted by Crippen LogP contribution is 2.33. The summed E-state index contributed by atoms with van der Waals surface area (Å²) in [6, 6.07) is 3.05. The first-order chi connectivity index (χ1) is 8.70. The molecule has 1 aromatic rings. The Bertz CT molecular complexity index is 412. The molecule has 1 atom stereocenters. The number of alkyl halides is 3. The monoisotopic (exact) mass is 277 g/mol. The van der Waals surface area contributed by atoms with Gasteiger partial charge >= 0.3 is 6.18 Å². The van der Waals surface area contributed by atoms with E-state index >= 15 is 0 Å². The van der Waals surface area contributed by atoms with Crippen molar-refractivity contribution in [3.05, 3.63) is 29.6 Å². The smallest absolute Gasteiger partial charge is 0.383 e. The second-order valence-corrected chi connectivity index (χ2v) is 5.21. The molecular formula is C14H19F4N. The first-order valence-electron chi connectivity index (χ1n) is 6.33. The molecule has 0 aliphatic carbocycles. The fraction of sp³-hybridized carbons (Fsp3) is 0.571. The molecule has 1 unspecified atom stereocenters. The largest absolute Gasteiger partial charge is 0.419 e. The van der Waals surface area contributed by atoms with Crippen LogP contribution in [0.1, 0.15) is 39.2 Å². The first kappa shape index (κ1) is 15.8. The van der Waals surface area contributed by atoms with Crippen LogP contribution in [0.5, 0.6) is 0 Å². The summed E-state index contributed by atoms with van der Waals surface area (Å²) in [5.41, 5.74) is -0.932. The third-order valence-corrected chi connectivity index (χ3v) is 2.86. The molecule has 0 aromatic heterocycles. The van der Waals surface area contributed by atoms with E-state index in [4.69, 9.17) is 0 Å². The molecule has 0 saturated heterocycles. The van der Waals surface area contributed by atoms with Crippen LogP contribution in [0.4, 0.5) is 23.2 Å². The quantitative estimate of drug-likeness (QED) is 0.740. The lowest BCUT2D eigenvalue weighted by Gasteiger charge is -2.17. The van der Waals surface area contributed by atoms with Crippen molar-refractivity contribution in [1.29, 1.82) is 0 Å². The van der Waals surface area contributed by atoms with Gasteiger partial charge in [-0.3, -0.25) is 0 Å². The van der Waals surface area contributed by atoms with E-state index in [0.717, 1.165) is 25.0 Å². The zero-order chi connectivity index (χ0) is 14.6. The summed E-state index contributed by atoms with van der Waals surface area (Å²) >= 11 is 0. The number of rotatable bonds is 5. The number of halogens is 4. The van der Waals surface area contributed by atoms with Gasteiger partial charge in [0.05, 0.1) is 5.56 Å². The zero-order valence-corrected chi connectivity index (χ0v) is 11.3. The van der Waals surface area contributed by atoms with Crippen LogP contribution < -0.4 is 5.32 Å². The van der Waals surface area contributed by atoms with Crippen molar-refractivity contribution < 1.29 is 17.6 Å². The molecule has 5 heteroatoms. The van der Waals surface area contributed by atoms with Crippen molar-refractivity contribution in [2.24, 2.45) is 5.92 Å². The van der Waals surface area contributed by atoms with E-state index < -0.39 is 17.6 Å². The third kappa shape index (κ3) is 5.09. The van der Waals surface area contributed by atoms with Crippen molar-refractivity contribution in [3.63, 3.8) is 0 Å². The number of hydrogen-bond acceptors (Lipinski definition) is 1. The Balaban J connectivity index is 2.75. The maximum Gasteiger partial charge on any atom is 0.419 e. The van der Waals surface area contributed by atoms with E-state index in [1.54, 1.807) is 0 Å². The van der Waals surface area contributed by atoms with E-state index in [1.807, 2.05) is 6.92 Å². The predicted octanol–water partition coefficient (Wildman–Crippen LogP) is 5.08. The lowest BCUT2D eigenvalue weighted by atomic mass is 10.0. The van der Waals surface area contributed by atoms with Crippen LogP contribution in [-0.4, -0.2) is 6.04 Å². The van der Waals surface area contributed by atoms with Gasteiger partial charge in [0.15, 0.2) is 0 Å². The molecule has 0 fully saturated rings. The molecule has 0 heterocycles. The number of anilines is 1. The maximum atomic E-state index is 13.1. The van der Waals surface area contributed by atoms with Crippen LogP contribution in [-0.2, 0) is 6.18 Å². The molecule has 0 amide bonds. The molecular weight excluding hydrogens is 258 g/mol. The molecule has 0 saturated carbocycles. The molecule has 1 nitrogen and oxygen atoms in total. The molecule has 1 N–H and O–H groups in total. The van der Waals surface area contributed by atoms with Gasteiger partial charge in [0.2, 0.25) is 0 Å². The summed E-state index contributed by atoms with van der Waals surface area (Å²) in [6.07, 6.45) is -2.82. The molecule has 0 spiro atoms. The SMILES string of the molecule is CC(C)CCC(C)Nc1ccc(F)c(C(F)(F)F)c1. The second kappa shape index (κ2) is 6.26.